The standard InChI is InChI=1S/C12H24N4O/c1-5-6-13-8-10(2)14-9-11-7-12(17-4)16(3)15-11/h7,10,13-14H,5-6,8-9H2,1-4H3. The van der Waals surface area contributed by atoms with Gasteiger partial charge in [-0.15, -0.1) is 0 Å². The van der Waals surface area contributed by atoms with Gasteiger partial charge in [0, 0.05) is 32.2 Å². The molecule has 0 radical (unpaired) electrons. The Bertz CT molecular complexity index is 324. The average Bonchev–Trinajstić information content (AvgIpc) is 2.67. The van der Waals surface area contributed by atoms with Crippen LogP contribution < -0.4 is 15.4 Å². The van der Waals surface area contributed by atoms with Gasteiger partial charge in [-0.05, 0) is 19.9 Å². The number of ether oxygens (including phenoxy) is 1. The van der Waals surface area contributed by atoms with Gasteiger partial charge in [-0.3, -0.25) is 0 Å². The van der Waals surface area contributed by atoms with Crippen molar-refractivity contribution in [1.29, 1.82) is 0 Å². The van der Waals surface area contributed by atoms with Gasteiger partial charge in [-0.1, -0.05) is 6.92 Å². The van der Waals surface area contributed by atoms with Gasteiger partial charge in [-0.25, -0.2) is 4.68 Å². The highest BCUT2D eigenvalue weighted by Gasteiger charge is 2.06. The van der Waals surface area contributed by atoms with Crippen LogP contribution in [0.25, 0.3) is 0 Å². The lowest BCUT2D eigenvalue weighted by atomic mass is 10.3. The number of nitrogens with one attached hydrogen (secondary N) is 2. The zero-order chi connectivity index (χ0) is 12.7. The first kappa shape index (κ1) is 14.0. The fourth-order valence-corrected chi connectivity index (χ4v) is 1.63. The van der Waals surface area contributed by atoms with E-state index in [4.69, 9.17) is 4.74 Å². The molecular formula is C12H24N4O. The molecule has 0 bridgehead atoms. The van der Waals surface area contributed by atoms with Crippen LogP contribution in [-0.2, 0) is 13.6 Å². The summed E-state index contributed by atoms with van der Waals surface area (Å²) < 4.78 is 6.92. The summed E-state index contributed by atoms with van der Waals surface area (Å²) in [5, 5.41) is 11.2. The molecule has 1 heterocycles. The summed E-state index contributed by atoms with van der Waals surface area (Å²) in [5.74, 6) is 0.790. The van der Waals surface area contributed by atoms with Crippen molar-refractivity contribution in [1.82, 2.24) is 20.4 Å². The maximum absolute atomic E-state index is 5.17. The molecular weight excluding hydrogens is 216 g/mol. The molecule has 5 heteroatoms. The van der Waals surface area contributed by atoms with Crippen LogP contribution in [0.5, 0.6) is 5.88 Å². The normalized spacial score (nSPS) is 12.7. The number of hydrogen-bond acceptors (Lipinski definition) is 4. The van der Waals surface area contributed by atoms with Crippen LogP contribution in [-0.4, -0.2) is 36.0 Å². The molecule has 1 atom stereocenters. The van der Waals surface area contributed by atoms with Crippen LogP contribution in [0.3, 0.4) is 0 Å². The molecule has 98 valence electrons. The van der Waals surface area contributed by atoms with E-state index in [2.05, 4.69) is 29.6 Å². The van der Waals surface area contributed by atoms with Crippen LogP contribution in [0.2, 0.25) is 0 Å². The van der Waals surface area contributed by atoms with Crippen molar-refractivity contribution in [3.8, 4) is 5.88 Å². The third kappa shape index (κ3) is 4.75. The molecule has 1 rings (SSSR count). The van der Waals surface area contributed by atoms with Crippen LogP contribution in [0.4, 0.5) is 0 Å². The van der Waals surface area contributed by atoms with Crippen LogP contribution in [0.1, 0.15) is 26.0 Å². The molecule has 0 fully saturated rings. The van der Waals surface area contributed by atoms with E-state index in [1.165, 1.54) is 6.42 Å². The van der Waals surface area contributed by atoms with Gasteiger partial charge in [0.15, 0.2) is 0 Å². The van der Waals surface area contributed by atoms with Gasteiger partial charge < -0.3 is 15.4 Å². The maximum Gasteiger partial charge on any atom is 0.211 e. The molecule has 2 N–H and O–H groups in total. The first-order valence-electron chi connectivity index (χ1n) is 6.18. The minimum absolute atomic E-state index is 0.439. The molecule has 0 aromatic carbocycles. The van der Waals surface area contributed by atoms with Crippen LogP contribution in [0.15, 0.2) is 6.07 Å². The average molecular weight is 240 g/mol. The summed E-state index contributed by atoms with van der Waals surface area (Å²) in [4.78, 5) is 0. The Hall–Kier alpha value is -1.07. The topological polar surface area (TPSA) is 51.1 Å². The van der Waals surface area contributed by atoms with Crippen molar-refractivity contribution < 1.29 is 4.74 Å². The fourth-order valence-electron chi connectivity index (χ4n) is 1.63. The SMILES string of the molecule is CCCNCC(C)NCc1cc(OC)n(C)n1. The molecule has 1 aromatic rings. The number of hydrogen-bond donors (Lipinski definition) is 2. The predicted molar refractivity (Wildman–Crippen MR) is 69.2 cm³/mol. The molecule has 0 amide bonds. The molecule has 5 nitrogen and oxygen atoms in total. The van der Waals surface area contributed by atoms with Gasteiger partial charge in [0.1, 0.15) is 0 Å². The molecule has 1 unspecified atom stereocenters. The summed E-state index contributed by atoms with van der Waals surface area (Å²) in [6, 6.07) is 2.40. The molecule has 0 aliphatic heterocycles. The third-order valence-electron chi connectivity index (χ3n) is 2.61. The minimum atomic E-state index is 0.439. The Morgan fingerprint density at radius 1 is 1.53 bits per heavy atom. The van der Waals surface area contributed by atoms with E-state index in [-0.39, 0.29) is 0 Å². The first-order chi connectivity index (χ1) is 8.17. The molecule has 0 aliphatic rings. The smallest absolute Gasteiger partial charge is 0.211 e. The van der Waals surface area contributed by atoms with Crippen molar-refractivity contribution >= 4 is 0 Å². The van der Waals surface area contributed by atoms with E-state index in [0.717, 1.165) is 31.2 Å². The zero-order valence-electron chi connectivity index (χ0n) is 11.3. The molecule has 0 saturated heterocycles. The number of nitrogens with zero attached hydrogens (tertiary/aromatic N) is 2. The second-order valence-corrected chi connectivity index (χ2v) is 4.29. The third-order valence-corrected chi connectivity index (χ3v) is 2.61. The van der Waals surface area contributed by atoms with E-state index in [9.17, 15) is 0 Å². The van der Waals surface area contributed by atoms with Crippen LogP contribution >= 0.6 is 0 Å². The highest BCUT2D eigenvalue weighted by molar-refractivity contribution is 5.15. The quantitative estimate of drug-likeness (QED) is 0.663. The van der Waals surface area contributed by atoms with E-state index in [0.29, 0.717) is 6.04 Å². The molecule has 0 spiro atoms. The summed E-state index contributed by atoms with van der Waals surface area (Å²) >= 11 is 0. The predicted octanol–water partition coefficient (Wildman–Crippen LogP) is 0.906. The van der Waals surface area contributed by atoms with Gasteiger partial charge in [0.25, 0.3) is 0 Å². The second kappa shape index (κ2) is 7.29. The molecule has 0 saturated carbocycles. The Kier molecular flexibility index (Phi) is 6.00. The van der Waals surface area contributed by atoms with Crippen molar-refractivity contribution in [2.45, 2.75) is 32.9 Å². The fraction of sp³-hybridized carbons (Fsp3) is 0.750. The van der Waals surface area contributed by atoms with Crippen LogP contribution in [0, 0.1) is 0 Å². The van der Waals surface area contributed by atoms with E-state index in [1.807, 2.05) is 13.1 Å². The minimum Gasteiger partial charge on any atom is -0.481 e. The number of aryl methyl sites for hydroxylation is 1. The Balaban J connectivity index is 2.29. The maximum atomic E-state index is 5.17. The van der Waals surface area contributed by atoms with Crippen molar-refractivity contribution in [2.75, 3.05) is 20.2 Å². The zero-order valence-corrected chi connectivity index (χ0v) is 11.3. The molecule has 17 heavy (non-hydrogen) atoms. The van der Waals surface area contributed by atoms with Crippen molar-refractivity contribution in [3.63, 3.8) is 0 Å². The summed E-state index contributed by atoms with van der Waals surface area (Å²) in [5.41, 5.74) is 1.01. The van der Waals surface area contributed by atoms with Gasteiger partial charge in [0.2, 0.25) is 5.88 Å². The van der Waals surface area contributed by atoms with Gasteiger partial charge >= 0.3 is 0 Å². The number of aromatic nitrogens is 2. The van der Waals surface area contributed by atoms with E-state index in [1.54, 1.807) is 11.8 Å². The second-order valence-electron chi connectivity index (χ2n) is 4.29. The first-order valence-corrected chi connectivity index (χ1v) is 6.18. The lowest BCUT2D eigenvalue weighted by Gasteiger charge is -2.13. The van der Waals surface area contributed by atoms with E-state index >= 15 is 0 Å². The molecule has 1 aromatic heterocycles. The molecule has 0 aliphatic carbocycles. The lowest BCUT2D eigenvalue weighted by Crippen LogP contribution is -2.36. The highest BCUT2D eigenvalue weighted by Crippen LogP contribution is 2.10. The van der Waals surface area contributed by atoms with Gasteiger partial charge in [-0.2, -0.15) is 5.10 Å². The largest absolute Gasteiger partial charge is 0.481 e. The monoisotopic (exact) mass is 240 g/mol. The Morgan fingerprint density at radius 2 is 2.29 bits per heavy atom. The van der Waals surface area contributed by atoms with E-state index < -0.39 is 0 Å². The van der Waals surface area contributed by atoms with Crippen molar-refractivity contribution in [2.24, 2.45) is 7.05 Å². The number of rotatable bonds is 8. The Morgan fingerprint density at radius 3 is 2.88 bits per heavy atom. The van der Waals surface area contributed by atoms with Crippen molar-refractivity contribution in [3.05, 3.63) is 11.8 Å². The lowest BCUT2D eigenvalue weighted by molar-refractivity contribution is 0.373. The summed E-state index contributed by atoms with van der Waals surface area (Å²) in [7, 11) is 3.54. The highest BCUT2D eigenvalue weighted by atomic mass is 16.5. The van der Waals surface area contributed by atoms with Gasteiger partial charge in [0.05, 0.1) is 12.8 Å². The number of methoxy groups -OCH3 is 1. The Labute approximate surface area is 104 Å². The summed E-state index contributed by atoms with van der Waals surface area (Å²) in [6.07, 6.45) is 1.17. The summed E-state index contributed by atoms with van der Waals surface area (Å²) in [6.45, 7) is 7.17.